The zero-order valence-electron chi connectivity index (χ0n) is 15.1. The molecule has 0 bridgehead atoms. The van der Waals surface area contributed by atoms with Gasteiger partial charge in [0.05, 0.1) is 17.6 Å². The highest BCUT2D eigenvalue weighted by Gasteiger charge is 2.16. The third-order valence-corrected chi connectivity index (χ3v) is 3.81. The van der Waals surface area contributed by atoms with Crippen molar-refractivity contribution in [3.8, 4) is 0 Å². The molecule has 6 nitrogen and oxygen atoms in total. The molecule has 0 atom stereocenters. The van der Waals surface area contributed by atoms with Crippen molar-refractivity contribution in [2.75, 3.05) is 18.5 Å². The SMILES string of the molecule is CCc1c(NC(=O)NCCCC(C)(C)CO)cnn1CC(C)C. The largest absolute Gasteiger partial charge is 0.396 e. The summed E-state index contributed by atoms with van der Waals surface area (Å²) in [5.74, 6) is 0.511. The van der Waals surface area contributed by atoms with Crippen LogP contribution < -0.4 is 10.6 Å². The summed E-state index contributed by atoms with van der Waals surface area (Å²) in [4.78, 5) is 12.0. The fraction of sp³-hybridized carbons (Fsp3) is 0.765. The number of anilines is 1. The summed E-state index contributed by atoms with van der Waals surface area (Å²) in [6.45, 7) is 12.0. The zero-order valence-corrected chi connectivity index (χ0v) is 15.1. The normalized spacial score (nSPS) is 11.8. The van der Waals surface area contributed by atoms with Gasteiger partial charge in [0.15, 0.2) is 0 Å². The maximum atomic E-state index is 12.0. The number of amides is 2. The van der Waals surface area contributed by atoms with Crippen LogP contribution in [0.15, 0.2) is 6.20 Å². The Morgan fingerprint density at radius 1 is 1.43 bits per heavy atom. The summed E-state index contributed by atoms with van der Waals surface area (Å²) < 4.78 is 1.96. The molecular weight excluding hydrogens is 292 g/mol. The lowest BCUT2D eigenvalue weighted by Gasteiger charge is -2.21. The number of hydrogen-bond acceptors (Lipinski definition) is 3. The topological polar surface area (TPSA) is 79.2 Å². The van der Waals surface area contributed by atoms with Gasteiger partial charge in [-0.15, -0.1) is 0 Å². The van der Waals surface area contributed by atoms with Crippen molar-refractivity contribution >= 4 is 11.7 Å². The number of urea groups is 1. The minimum atomic E-state index is -0.203. The summed E-state index contributed by atoms with van der Waals surface area (Å²) in [6.07, 6.45) is 4.26. The molecule has 1 heterocycles. The van der Waals surface area contributed by atoms with Gasteiger partial charge in [0, 0.05) is 19.7 Å². The van der Waals surface area contributed by atoms with E-state index in [1.165, 1.54) is 0 Å². The average Bonchev–Trinajstić information content (AvgIpc) is 2.84. The Balaban J connectivity index is 2.47. The van der Waals surface area contributed by atoms with Crippen molar-refractivity contribution in [2.24, 2.45) is 11.3 Å². The smallest absolute Gasteiger partial charge is 0.319 e. The molecule has 0 aliphatic heterocycles. The first-order valence-corrected chi connectivity index (χ1v) is 8.49. The number of nitrogens with zero attached hydrogens (tertiary/aromatic N) is 2. The number of aliphatic hydroxyl groups is 1. The molecule has 0 aliphatic carbocycles. The van der Waals surface area contributed by atoms with Crippen LogP contribution in [0, 0.1) is 11.3 Å². The van der Waals surface area contributed by atoms with Crippen LogP contribution in [-0.4, -0.2) is 34.1 Å². The first kappa shape index (κ1) is 19.5. The van der Waals surface area contributed by atoms with Gasteiger partial charge in [0.1, 0.15) is 0 Å². The molecule has 0 radical (unpaired) electrons. The molecule has 1 aromatic rings. The fourth-order valence-electron chi connectivity index (χ4n) is 2.41. The summed E-state index contributed by atoms with van der Waals surface area (Å²) in [5, 5.41) is 19.3. The van der Waals surface area contributed by atoms with Gasteiger partial charge in [-0.05, 0) is 30.6 Å². The van der Waals surface area contributed by atoms with Crippen molar-refractivity contribution in [3.63, 3.8) is 0 Å². The number of aromatic nitrogens is 2. The molecule has 0 spiro atoms. The molecule has 2 amide bonds. The number of carbonyl (C=O) groups excluding carboxylic acids is 1. The predicted octanol–water partition coefficient (Wildman–Crippen LogP) is 3.02. The van der Waals surface area contributed by atoms with Gasteiger partial charge in [-0.3, -0.25) is 4.68 Å². The fourth-order valence-corrected chi connectivity index (χ4v) is 2.41. The molecule has 0 aromatic carbocycles. The Hall–Kier alpha value is -1.56. The van der Waals surface area contributed by atoms with Crippen LogP contribution in [0.2, 0.25) is 0 Å². The van der Waals surface area contributed by atoms with Crippen molar-refractivity contribution in [1.29, 1.82) is 0 Å². The van der Waals surface area contributed by atoms with Crippen LogP contribution in [0.3, 0.4) is 0 Å². The van der Waals surface area contributed by atoms with E-state index >= 15 is 0 Å². The van der Waals surface area contributed by atoms with E-state index in [9.17, 15) is 9.90 Å². The Morgan fingerprint density at radius 3 is 2.70 bits per heavy atom. The maximum absolute atomic E-state index is 12.0. The highest BCUT2D eigenvalue weighted by atomic mass is 16.3. The van der Waals surface area contributed by atoms with Gasteiger partial charge >= 0.3 is 6.03 Å². The van der Waals surface area contributed by atoms with Gasteiger partial charge < -0.3 is 15.7 Å². The van der Waals surface area contributed by atoms with E-state index < -0.39 is 0 Å². The second kappa shape index (κ2) is 8.91. The van der Waals surface area contributed by atoms with Gasteiger partial charge in [0.2, 0.25) is 0 Å². The van der Waals surface area contributed by atoms with Crippen LogP contribution in [0.4, 0.5) is 10.5 Å². The third kappa shape index (κ3) is 6.60. The monoisotopic (exact) mass is 324 g/mol. The lowest BCUT2D eigenvalue weighted by molar-refractivity contribution is 0.148. The van der Waals surface area contributed by atoms with Crippen LogP contribution in [0.25, 0.3) is 0 Å². The third-order valence-electron chi connectivity index (χ3n) is 3.81. The molecule has 1 rings (SSSR count). The second-order valence-electron chi connectivity index (χ2n) is 7.24. The van der Waals surface area contributed by atoms with E-state index in [1.54, 1.807) is 6.20 Å². The van der Waals surface area contributed by atoms with Crippen LogP contribution >= 0.6 is 0 Å². The Kier molecular flexibility index (Phi) is 7.55. The zero-order chi connectivity index (χ0) is 17.5. The Morgan fingerprint density at radius 2 is 2.13 bits per heavy atom. The van der Waals surface area contributed by atoms with Gasteiger partial charge in [-0.1, -0.05) is 34.6 Å². The molecule has 132 valence electrons. The molecule has 3 N–H and O–H groups in total. The van der Waals surface area contributed by atoms with E-state index in [0.717, 1.165) is 37.2 Å². The predicted molar refractivity (Wildman–Crippen MR) is 93.6 cm³/mol. The summed E-state index contributed by atoms with van der Waals surface area (Å²) >= 11 is 0. The first-order valence-electron chi connectivity index (χ1n) is 8.49. The van der Waals surface area contributed by atoms with Crippen molar-refractivity contribution in [3.05, 3.63) is 11.9 Å². The standard InChI is InChI=1S/C17H32N4O2/c1-6-15-14(10-19-21(15)11-13(2)3)20-16(23)18-9-7-8-17(4,5)12-22/h10,13,22H,6-9,11-12H2,1-5H3,(H2,18,20,23). The summed E-state index contributed by atoms with van der Waals surface area (Å²) in [7, 11) is 0. The minimum Gasteiger partial charge on any atom is -0.396 e. The van der Waals surface area contributed by atoms with Crippen molar-refractivity contribution in [1.82, 2.24) is 15.1 Å². The number of nitrogens with one attached hydrogen (secondary N) is 2. The molecule has 0 saturated carbocycles. The first-order chi connectivity index (χ1) is 10.8. The van der Waals surface area contributed by atoms with Gasteiger partial charge in [0.25, 0.3) is 0 Å². The van der Waals surface area contributed by atoms with E-state index in [0.29, 0.717) is 12.5 Å². The van der Waals surface area contributed by atoms with E-state index in [1.807, 2.05) is 18.5 Å². The van der Waals surface area contributed by atoms with Crippen molar-refractivity contribution in [2.45, 2.75) is 60.4 Å². The van der Waals surface area contributed by atoms with E-state index in [4.69, 9.17) is 0 Å². The number of aliphatic hydroxyl groups excluding tert-OH is 1. The molecular formula is C17H32N4O2. The molecule has 0 saturated heterocycles. The number of carbonyl (C=O) groups is 1. The molecule has 23 heavy (non-hydrogen) atoms. The quantitative estimate of drug-likeness (QED) is 0.611. The Labute approximate surface area is 139 Å². The van der Waals surface area contributed by atoms with E-state index in [2.05, 4.69) is 36.5 Å². The van der Waals surface area contributed by atoms with Crippen LogP contribution in [0.5, 0.6) is 0 Å². The maximum Gasteiger partial charge on any atom is 0.319 e. The highest BCUT2D eigenvalue weighted by molar-refractivity contribution is 5.89. The van der Waals surface area contributed by atoms with Crippen LogP contribution in [0.1, 0.15) is 53.2 Å². The average molecular weight is 324 g/mol. The van der Waals surface area contributed by atoms with Gasteiger partial charge in [-0.25, -0.2) is 4.79 Å². The molecule has 1 aromatic heterocycles. The lowest BCUT2D eigenvalue weighted by atomic mass is 9.89. The van der Waals surface area contributed by atoms with Crippen molar-refractivity contribution < 1.29 is 9.90 Å². The molecule has 0 fully saturated rings. The number of rotatable bonds is 9. The molecule has 6 heteroatoms. The second-order valence-corrected chi connectivity index (χ2v) is 7.24. The lowest BCUT2D eigenvalue weighted by Crippen LogP contribution is -2.30. The minimum absolute atomic E-state index is 0.0917. The van der Waals surface area contributed by atoms with E-state index in [-0.39, 0.29) is 18.1 Å². The molecule has 0 unspecified atom stereocenters. The van der Waals surface area contributed by atoms with Gasteiger partial charge in [-0.2, -0.15) is 5.10 Å². The molecule has 0 aliphatic rings. The van der Waals surface area contributed by atoms with Crippen LogP contribution in [-0.2, 0) is 13.0 Å². The highest BCUT2D eigenvalue weighted by Crippen LogP contribution is 2.20. The summed E-state index contributed by atoms with van der Waals surface area (Å²) in [5.41, 5.74) is 1.74. The number of hydrogen-bond donors (Lipinski definition) is 3. The Bertz CT molecular complexity index is 495. The summed E-state index contributed by atoms with van der Waals surface area (Å²) in [6, 6.07) is -0.203.